The van der Waals surface area contributed by atoms with Gasteiger partial charge in [-0.1, -0.05) is 33.1 Å². The van der Waals surface area contributed by atoms with Crippen molar-refractivity contribution in [2.45, 2.75) is 58.5 Å². The van der Waals surface area contributed by atoms with Gasteiger partial charge in [-0.05, 0) is 44.0 Å². The van der Waals surface area contributed by atoms with Gasteiger partial charge in [0.15, 0.2) is 0 Å². The highest BCUT2D eigenvalue weighted by Crippen LogP contribution is 2.23. The Hall–Kier alpha value is -1.55. The van der Waals surface area contributed by atoms with Crippen LogP contribution in [0.5, 0.6) is 5.75 Å². The Bertz CT molecular complexity index is 444. The Balaban J connectivity index is 2.71. The van der Waals surface area contributed by atoms with Crippen LogP contribution >= 0.6 is 0 Å². The largest absolute Gasteiger partial charge is 0.497 e. The van der Waals surface area contributed by atoms with E-state index in [9.17, 15) is 4.79 Å². The minimum Gasteiger partial charge on any atom is -0.497 e. The number of nitrogens with one attached hydrogen (secondary N) is 1. The van der Waals surface area contributed by atoms with Crippen molar-refractivity contribution < 1.29 is 14.3 Å². The highest BCUT2D eigenvalue weighted by atomic mass is 16.5. The molecule has 0 heterocycles. The van der Waals surface area contributed by atoms with E-state index in [0.717, 1.165) is 43.5 Å². The van der Waals surface area contributed by atoms with Gasteiger partial charge in [0.1, 0.15) is 11.4 Å². The van der Waals surface area contributed by atoms with Crippen LogP contribution in [0.25, 0.3) is 0 Å². The summed E-state index contributed by atoms with van der Waals surface area (Å²) in [4.78, 5) is 12.6. The summed E-state index contributed by atoms with van der Waals surface area (Å²) in [5.41, 5.74) is -0.0157. The van der Waals surface area contributed by atoms with Crippen molar-refractivity contribution in [1.29, 1.82) is 0 Å². The highest BCUT2D eigenvalue weighted by Gasteiger charge is 2.33. The molecular formula is C18H29NO3. The standard InChI is InChI=1S/C18H29NO3/c1-5-7-8-13-18(3,22-14-6-2)17(20)19-15-9-11-16(21-4)12-10-15/h9-12H,5-8,13-14H2,1-4H3,(H,19,20)/t18-/m0/s1. The number of unbranched alkanes of at least 4 members (excludes halogenated alkanes) is 2. The third-order valence-electron chi connectivity index (χ3n) is 3.71. The minimum absolute atomic E-state index is 0.0813. The van der Waals surface area contributed by atoms with Gasteiger partial charge < -0.3 is 14.8 Å². The van der Waals surface area contributed by atoms with Crippen LogP contribution in [0.2, 0.25) is 0 Å². The first-order valence-corrected chi connectivity index (χ1v) is 8.15. The number of benzene rings is 1. The molecular weight excluding hydrogens is 278 g/mol. The lowest BCUT2D eigenvalue weighted by atomic mass is 9.96. The first kappa shape index (κ1) is 18.5. The first-order chi connectivity index (χ1) is 10.6. The van der Waals surface area contributed by atoms with Crippen molar-refractivity contribution in [2.75, 3.05) is 19.0 Å². The number of anilines is 1. The molecule has 1 aromatic carbocycles. The van der Waals surface area contributed by atoms with Crippen LogP contribution in [0.1, 0.15) is 52.9 Å². The van der Waals surface area contributed by atoms with Gasteiger partial charge in [-0.15, -0.1) is 0 Å². The lowest BCUT2D eigenvalue weighted by Gasteiger charge is -2.28. The average molecular weight is 307 g/mol. The highest BCUT2D eigenvalue weighted by molar-refractivity contribution is 5.97. The number of amides is 1. The van der Waals surface area contributed by atoms with Crippen LogP contribution in [0.15, 0.2) is 24.3 Å². The van der Waals surface area contributed by atoms with E-state index in [0.29, 0.717) is 6.61 Å². The summed E-state index contributed by atoms with van der Waals surface area (Å²) in [6.45, 7) is 6.69. The number of hydrogen-bond acceptors (Lipinski definition) is 3. The maximum absolute atomic E-state index is 12.6. The van der Waals surface area contributed by atoms with Gasteiger partial charge in [-0.25, -0.2) is 0 Å². The predicted octanol–water partition coefficient (Wildman–Crippen LogP) is 4.40. The maximum atomic E-state index is 12.6. The molecule has 0 unspecified atom stereocenters. The lowest BCUT2D eigenvalue weighted by Crippen LogP contribution is -2.43. The molecule has 1 amide bonds. The molecule has 0 aliphatic rings. The lowest BCUT2D eigenvalue weighted by molar-refractivity contribution is -0.140. The molecule has 0 radical (unpaired) electrons. The zero-order valence-electron chi connectivity index (χ0n) is 14.3. The zero-order chi connectivity index (χ0) is 16.4. The first-order valence-electron chi connectivity index (χ1n) is 8.15. The third-order valence-corrected chi connectivity index (χ3v) is 3.71. The molecule has 0 aromatic heterocycles. The van der Waals surface area contributed by atoms with Crippen LogP contribution in [-0.4, -0.2) is 25.2 Å². The second-order valence-corrected chi connectivity index (χ2v) is 5.72. The molecule has 124 valence electrons. The van der Waals surface area contributed by atoms with E-state index in [4.69, 9.17) is 9.47 Å². The Morgan fingerprint density at radius 1 is 1.14 bits per heavy atom. The topological polar surface area (TPSA) is 47.6 Å². The summed E-state index contributed by atoms with van der Waals surface area (Å²) in [7, 11) is 1.62. The molecule has 1 aromatic rings. The number of rotatable bonds is 10. The van der Waals surface area contributed by atoms with Gasteiger partial charge in [0, 0.05) is 12.3 Å². The van der Waals surface area contributed by atoms with Crippen LogP contribution in [0, 0.1) is 0 Å². The van der Waals surface area contributed by atoms with E-state index in [1.807, 2.05) is 38.1 Å². The second kappa shape index (κ2) is 9.46. The summed E-state index contributed by atoms with van der Waals surface area (Å²) in [6, 6.07) is 7.33. The molecule has 4 heteroatoms. The van der Waals surface area contributed by atoms with Crippen LogP contribution in [-0.2, 0) is 9.53 Å². The number of carbonyl (C=O) groups is 1. The van der Waals surface area contributed by atoms with Gasteiger partial charge in [0.2, 0.25) is 0 Å². The monoisotopic (exact) mass is 307 g/mol. The Labute approximate surface area is 134 Å². The predicted molar refractivity (Wildman–Crippen MR) is 90.4 cm³/mol. The molecule has 0 spiro atoms. The van der Waals surface area contributed by atoms with Crippen molar-refractivity contribution in [3.63, 3.8) is 0 Å². The molecule has 22 heavy (non-hydrogen) atoms. The van der Waals surface area contributed by atoms with Gasteiger partial charge in [-0.3, -0.25) is 4.79 Å². The van der Waals surface area contributed by atoms with E-state index >= 15 is 0 Å². The third kappa shape index (κ3) is 5.68. The summed E-state index contributed by atoms with van der Waals surface area (Å²) < 4.78 is 11.0. The molecule has 1 N–H and O–H groups in total. The molecule has 4 nitrogen and oxygen atoms in total. The summed E-state index contributed by atoms with van der Waals surface area (Å²) in [5.74, 6) is 0.688. The molecule has 1 rings (SSSR count). The van der Waals surface area contributed by atoms with Crippen molar-refractivity contribution in [3.05, 3.63) is 24.3 Å². The fourth-order valence-corrected chi connectivity index (χ4v) is 2.23. The Morgan fingerprint density at radius 2 is 1.82 bits per heavy atom. The van der Waals surface area contributed by atoms with E-state index in [2.05, 4.69) is 12.2 Å². The smallest absolute Gasteiger partial charge is 0.256 e. The SMILES string of the molecule is CCCCC[C@](C)(OCCC)C(=O)Nc1ccc(OC)cc1. The zero-order valence-corrected chi connectivity index (χ0v) is 14.3. The van der Waals surface area contributed by atoms with Crippen LogP contribution in [0.4, 0.5) is 5.69 Å². The van der Waals surface area contributed by atoms with E-state index in [1.54, 1.807) is 7.11 Å². The fourth-order valence-electron chi connectivity index (χ4n) is 2.23. The van der Waals surface area contributed by atoms with Crippen LogP contribution < -0.4 is 10.1 Å². The number of carbonyl (C=O) groups excluding carboxylic acids is 1. The average Bonchev–Trinajstić information content (AvgIpc) is 2.54. The Kier molecular flexibility index (Phi) is 7.96. The normalized spacial score (nSPS) is 13.5. The van der Waals surface area contributed by atoms with Crippen molar-refractivity contribution in [2.24, 2.45) is 0 Å². The molecule has 0 aliphatic carbocycles. The van der Waals surface area contributed by atoms with Crippen LogP contribution in [0.3, 0.4) is 0 Å². The minimum atomic E-state index is -0.773. The molecule has 0 aliphatic heterocycles. The maximum Gasteiger partial charge on any atom is 0.256 e. The molecule has 0 fully saturated rings. The number of methoxy groups -OCH3 is 1. The van der Waals surface area contributed by atoms with Gasteiger partial charge in [0.25, 0.3) is 5.91 Å². The van der Waals surface area contributed by atoms with E-state index in [1.165, 1.54) is 0 Å². The number of hydrogen-bond donors (Lipinski definition) is 1. The molecule has 0 bridgehead atoms. The molecule has 0 saturated heterocycles. The summed E-state index contributed by atoms with van der Waals surface area (Å²) in [5, 5.41) is 2.95. The van der Waals surface area contributed by atoms with Crippen molar-refractivity contribution >= 4 is 11.6 Å². The Morgan fingerprint density at radius 3 is 2.36 bits per heavy atom. The van der Waals surface area contributed by atoms with E-state index in [-0.39, 0.29) is 5.91 Å². The van der Waals surface area contributed by atoms with Crippen molar-refractivity contribution in [3.8, 4) is 5.75 Å². The van der Waals surface area contributed by atoms with Gasteiger partial charge in [0.05, 0.1) is 7.11 Å². The quantitative estimate of drug-likeness (QED) is 0.652. The van der Waals surface area contributed by atoms with Gasteiger partial charge in [-0.2, -0.15) is 0 Å². The van der Waals surface area contributed by atoms with Gasteiger partial charge >= 0.3 is 0 Å². The number of ether oxygens (including phenoxy) is 2. The molecule has 0 saturated carbocycles. The second-order valence-electron chi connectivity index (χ2n) is 5.72. The van der Waals surface area contributed by atoms with Crippen molar-refractivity contribution in [1.82, 2.24) is 0 Å². The summed E-state index contributed by atoms with van der Waals surface area (Å²) in [6.07, 6.45) is 4.87. The fraction of sp³-hybridized carbons (Fsp3) is 0.611. The molecule has 1 atom stereocenters. The van der Waals surface area contributed by atoms with E-state index < -0.39 is 5.60 Å². The summed E-state index contributed by atoms with van der Waals surface area (Å²) >= 11 is 0.